The number of esters is 1. The molecule has 35 heavy (non-hydrogen) atoms. The number of piperazine rings is 1. The summed E-state index contributed by atoms with van der Waals surface area (Å²) in [6.07, 6.45) is 6.42. The van der Waals surface area contributed by atoms with E-state index in [1.54, 1.807) is 0 Å². The van der Waals surface area contributed by atoms with Crippen LogP contribution in [0.1, 0.15) is 71.3 Å². The number of carbonyl (C=O) groups is 1. The summed E-state index contributed by atoms with van der Waals surface area (Å²) in [6, 6.07) is 9.98. The molecule has 192 valence electrons. The van der Waals surface area contributed by atoms with Crippen LogP contribution >= 0.6 is 0 Å². The molecule has 3 fully saturated rings. The Balaban J connectivity index is 1.34. The number of nitrogens with zero attached hydrogens (tertiary/aromatic N) is 4. The summed E-state index contributed by atoms with van der Waals surface area (Å²) < 4.78 is 5.81. The van der Waals surface area contributed by atoms with Crippen molar-refractivity contribution in [3.8, 4) is 6.07 Å². The molecule has 1 aliphatic carbocycles. The van der Waals surface area contributed by atoms with Crippen LogP contribution < -0.4 is 4.90 Å². The minimum atomic E-state index is -0.986. The summed E-state index contributed by atoms with van der Waals surface area (Å²) in [5.41, 5.74) is 0.328. The summed E-state index contributed by atoms with van der Waals surface area (Å²) in [6.45, 7) is 11.3. The Morgan fingerprint density at radius 1 is 1.03 bits per heavy atom. The van der Waals surface area contributed by atoms with Crippen LogP contribution in [0.25, 0.3) is 0 Å². The minimum absolute atomic E-state index is 0.267. The first kappa shape index (κ1) is 25.9. The van der Waals surface area contributed by atoms with Crippen LogP contribution in [0.4, 0.5) is 5.69 Å². The first-order valence-corrected chi connectivity index (χ1v) is 13.4. The van der Waals surface area contributed by atoms with E-state index in [9.17, 15) is 9.90 Å². The Labute approximate surface area is 210 Å². The van der Waals surface area contributed by atoms with Crippen LogP contribution in [-0.2, 0) is 9.53 Å². The molecule has 0 aromatic heterocycles. The normalized spacial score (nSPS) is 23.5. The molecule has 4 rings (SSSR count). The van der Waals surface area contributed by atoms with Gasteiger partial charge in [0.05, 0.1) is 17.2 Å². The van der Waals surface area contributed by atoms with E-state index in [4.69, 9.17) is 10.00 Å². The van der Waals surface area contributed by atoms with E-state index >= 15 is 0 Å². The predicted molar refractivity (Wildman–Crippen MR) is 137 cm³/mol. The molecular weight excluding hydrogens is 440 g/mol. The molecule has 0 spiro atoms. The van der Waals surface area contributed by atoms with Crippen molar-refractivity contribution in [1.29, 1.82) is 5.26 Å². The summed E-state index contributed by atoms with van der Waals surface area (Å²) in [7, 11) is 0. The van der Waals surface area contributed by atoms with Gasteiger partial charge in [0.2, 0.25) is 0 Å². The molecule has 1 unspecified atom stereocenters. The molecule has 1 N–H and O–H groups in total. The number of hydrogen-bond donors (Lipinski definition) is 1. The molecule has 2 heterocycles. The highest BCUT2D eigenvalue weighted by molar-refractivity contribution is 5.78. The standard InChI is InChI=1S/C28H42N4O3/c1-27(2,3)35-26(33)25(28(34)13-5-4-6-14-28)32-15-11-24(12-16-32)31-19-17-30(18-20-31)23-9-7-22(21-29)8-10-23/h7-10,24-25,34H,4-6,11-20H2,1-3H3. The molecule has 7 nitrogen and oxygen atoms in total. The third kappa shape index (κ3) is 6.35. The van der Waals surface area contributed by atoms with Crippen LogP contribution in [0, 0.1) is 11.3 Å². The zero-order valence-corrected chi connectivity index (χ0v) is 21.7. The van der Waals surface area contributed by atoms with Gasteiger partial charge in [0.25, 0.3) is 0 Å². The van der Waals surface area contributed by atoms with Gasteiger partial charge in [-0.05, 0) is 70.7 Å². The van der Waals surface area contributed by atoms with Crippen molar-refractivity contribution in [1.82, 2.24) is 9.80 Å². The first-order valence-electron chi connectivity index (χ1n) is 13.4. The lowest BCUT2D eigenvalue weighted by Gasteiger charge is -2.48. The van der Waals surface area contributed by atoms with E-state index < -0.39 is 17.2 Å². The second-order valence-electron chi connectivity index (χ2n) is 11.5. The van der Waals surface area contributed by atoms with Crippen molar-refractivity contribution in [3.05, 3.63) is 29.8 Å². The summed E-state index contributed by atoms with van der Waals surface area (Å²) >= 11 is 0. The zero-order chi connectivity index (χ0) is 25.1. The highest BCUT2D eigenvalue weighted by Gasteiger charge is 2.48. The predicted octanol–water partition coefficient (Wildman–Crippen LogP) is 3.55. The van der Waals surface area contributed by atoms with Crippen molar-refractivity contribution in [2.45, 2.75) is 89.0 Å². The van der Waals surface area contributed by atoms with Crippen molar-refractivity contribution < 1.29 is 14.6 Å². The van der Waals surface area contributed by atoms with Gasteiger partial charge in [0, 0.05) is 51.0 Å². The molecule has 7 heteroatoms. The van der Waals surface area contributed by atoms with Crippen molar-refractivity contribution in [3.63, 3.8) is 0 Å². The maximum absolute atomic E-state index is 13.3. The van der Waals surface area contributed by atoms with Gasteiger partial charge in [-0.3, -0.25) is 14.6 Å². The number of nitriles is 1. The minimum Gasteiger partial charge on any atom is -0.459 e. The van der Waals surface area contributed by atoms with Gasteiger partial charge in [-0.15, -0.1) is 0 Å². The average molecular weight is 483 g/mol. The Morgan fingerprint density at radius 3 is 2.17 bits per heavy atom. The van der Waals surface area contributed by atoms with E-state index in [1.165, 1.54) is 5.69 Å². The van der Waals surface area contributed by atoms with Crippen molar-refractivity contribution in [2.75, 3.05) is 44.2 Å². The Kier molecular flexibility index (Phi) is 8.05. The highest BCUT2D eigenvalue weighted by Crippen LogP contribution is 2.36. The first-order chi connectivity index (χ1) is 16.7. The van der Waals surface area contributed by atoms with E-state index in [1.807, 2.05) is 45.0 Å². The number of piperidine rings is 1. The fourth-order valence-corrected chi connectivity index (χ4v) is 6.10. The fourth-order valence-electron chi connectivity index (χ4n) is 6.10. The maximum atomic E-state index is 13.3. The van der Waals surface area contributed by atoms with Crippen LogP contribution in [0.2, 0.25) is 0 Å². The second-order valence-corrected chi connectivity index (χ2v) is 11.5. The number of ether oxygens (including phenoxy) is 1. The van der Waals surface area contributed by atoms with Gasteiger partial charge in [0.1, 0.15) is 11.6 Å². The van der Waals surface area contributed by atoms with E-state index in [2.05, 4.69) is 20.8 Å². The van der Waals surface area contributed by atoms with Gasteiger partial charge in [0.15, 0.2) is 0 Å². The molecule has 0 bridgehead atoms. The van der Waals surface area contributed by atoms with Crippen molar-refractivity contribution >= 4 is 11.7 Å². The monoisotopic (exact) mass is 482 g/mol. The number of benzene rings is 1. The number of rotatable bonds is 5. The van der Waals surface area contributed by atoms with Gasteiger partial charge in [-0.2, -0.15) is 5.26 Å². The number of likely N-dealkylation sites (tertiary alicyclic amines) is 1. The molecule has 1 saturated carbocycles. The maximum Gasteiger partial charge on any atom is 0.326 e. The third-order valence-corrected chi connectivity index (χ3v) is 7.91. The molecule has 2 aliphatic heterocycles. The topological polar surface area (TPSA) is 80.0 Å². The zero-order valence-electron chi connectivity index (χ0n) is 21.7. The number of anilines is 1. The summed E-state index contributed by atoms with van der Waals surface area (Å²) in [5, 5.41) is 20.6. The van der Waals surface area contributed by atoms with Gasteiger partial charge in [-0.1, -0.05) is 19.3 Å². The summed E-state index contributed by atoms with van der Waals surface area (Å²) in [4.78, 5) is 20.5. The molecule has 3 aliphatic rings. The van der Waals surface area contributed by atoms with E-state index in [0.29, 0.717) is 24.4 Å². The molecule has 1 aromatic carbocycles. The van der Waals surface area contributed by atoms with Crippen molar-refractivity contribution in [2.24, 2.45) is 0 Å². The second kappa shape index (κ2) is 10.9. The molecule has 0 radical (unpaired) electrons. The lowest BCUT2D eigenvalue weighted by Crippen LogP contribution is -2.62. The molecule has 0 amide bonds. The van der Waals surface area contributed by atoms with E-state index in [0.717, 1.165) is 71.4 Å². The van der Waals surface area contributed by atoms with Crippen LogP contribution in [0.3, 0.4) is 0 Å². The van der Waals surface area contributed by atoms with Gasteiger partial charge >= 0.3 is 5.97 Å². The van der Waals surface area contributed by atoms with Crippen LogP contribution in [-0.4, -0.2) is 83.4 Å². The number of aliphatic hydroxyl groups is 1. The molecule has 1 aromatic rings. The lowest BCUT2D eigenvalue weighted by molar-refractivity contribution is -0.177. The largest absolute Gasteiger partial charge is 0.459 e. The lowest BCUT2D eigenvalue weighted by atomic mass is 9.78. The Bertz CT molecular complexity index is 882. The SMILES string of the molecule is CC(C)(C)OC(=O)C(N1CCC(N2CCN(c3ccc(C#N)cc3)CC2)CC1)C1(O)CCCCC1. The van der Waals surface area contributed by atoms with E-state index in [-0.39, 0.29) is 5.97 Å². The van der Waals surface area contributed by atoms with Gasteiger partial charge in [-0.25, -0.2) is 0 Å². The third-order valence-electron chi connectivity index (χ3n) is 7.91. The number of carbonyl (C=O) groups excluding carboxylic acids is 1. The van der Waals surface area contributed by atoms with Crippen LogP contribution in [0.15, 0.2) is 24.3 Å². The Hall–Kier alpha value is -2.14. The molecular formula is C28H42N4O3. The highest BCUT2D eigenvalue weighted by atomic mass is 16.6. The molecule has 1 atom stereocenters. The summed E-state index contributed by atoms with van der Waals surface area (Å²) in [5.74, 6) is -0.267. The quantitative estimate of drug-likeness (QED) is 0.643. The number of hydrogen-bond acceptors (Lipinski definition) is 7. The Morgan fingerprint density at radius 2 is 1.63 bits per heavy atom. The average Bonchev–Trinajstić information content (AvgIpc) is 2.84. The smallest absolute Gasteiger partial charge is 0.326 e. The molecule has 2 saturated heterocycles. The van der Waals surface area contributed by atoms with Gasteiger partial charge < -0.3 is 14.7 Å². The fraction of sp³-hybridized carbons (Fsp3) is 0.714. The van der Waals surface area contributed by atoms with Crippen LogP contribution in [0.5, 0.6) is 0 Å².